The number of sulfonamides is 1. The molecule has 3 saturated heterocycles. The predicted molar refractivity (Wildman–Crippen MR) is 152 cm³/mol. The second-order valence-electron chi connectivity index (χ2n) is 10.7. The highest BCUT2D eigenvalue weighted by atomic mass is 32.2. The van der Waals surface area contributed by atoms with E-state index in [2.05, 4.69) is 22.8 Å². The minimum Gasteiger partial charge on any atom is -0.497 e. The van der Waals surface area contributed by atoms with Crippen LogP contribution in [0.25, 0.3) is 10.9 Å². The fourth-order valence-corrected chi connectivity index (χ4v) is 7.28. The van der Waals surface area contributed by atoms with Gasteiger partial charge in [0.15, 0.2) is 5.79 Å². The SMILES string of the molecule is COc1ccc(S(=O)(=O)N2CCN(C(C)c3nc(N4CCC5(CC4)OCCCO5)c4ccccc4n3)CC2)cc1. The molecule has 2 aromatic carbocycles. The van der Waals surface area contributed by atoms with Crippen LogP contribution in [0, 0.1) is 0 Å². The molecule has 4 heterocycles. The van der Waals surface area contributed by atoms with Crippen molar-refractivity contribution >= 4 is 26.7 Å². The number of piperidine rings is 1. The molecule has 214 valence electrons. The van der Waals surface area contributed by atoms with E-state index in [4.69, 9.17) is 24.2 Å². The zero-order valence-electron chi connectivity index (χ0n) is 23.2. The van der Waals surface area contributed by atoms with E-state index in [9.17, 15) is 8.42 Å². The predicted octanol–water partition coefficient (Wildman–Crippen LogP) is 3.44. The number of ether oxygens (including phenoxy) is 3. The fraction of sp³-hybridized carbons (Fsp3) is 0.517. The number of rotatable bonds is 6. The van der Waals surface area contributed by atoms with Gasteiger partial charge in [0.05, 0.1) is 36.8 Å². The molecule has 6 rings (SSSR count). The average Bonchev–Trinajstić information content (AvgIpc) is 3.01. The highest BCUT2D eigenvalue weighted by Crippen LogP contribution is 2.35. The van der Waals surface area contributed by atoms with E-state index >= 15 is 0 Å². The van der Waals surface area contributed by atoms with Crippen LogP contribution in [0.1, 0.15) is 38.1 Å². The van der Waals surface area contributed by atoms with Crippen molar-refractivity contribution in [3.8, 4) is 5.75 Å². The van der Waals surface area contributed by atoms with Gasteiger partial charge in [0.1, 0.15) is 17.4 Å². The molecule has 0 aliphatic carbocycles. The normalized spacial score (nSPS) is 21.5. The highest BCUT2D eigenvalue weighted by molar-refractivity contribution is 7.89. The Hall–Kier alpha value is -2.83. The third kappa shape index (κ3) is 5.28. The lowest BCUT2D eigenvalue weighted by molar-refractivity contribution is -0.275. The first-order chi connectivity index (χ1) is 19.4. The number of hydrogen-bond acceptors (Lipinski definition) is 9. The first kappa shape index (κ1) is 27.3. The molecule has 3 fully saturated rings. The van der Waals surface area contributed by atoms with Crippen molar-refractivity contribution in [1.29, 1.82) is 0 Å². The van der Waals surface area contributed by atoms with Crippen molar-refractivity contribution in [2.75, 3.05) is 64.5 Å². The molecule has 0 saturated carbocycles. The van der Waals surface area contributed by atoms with Crippen molar-refractivity contribution in [2.24, 2.45) is 0 Å². The van der Waals surface area contributed by atoms with Crippen molar-refractivity contribution in [1.82, 2.24) is 19.2 Å². The quantitative estimate of drug-likeness (QED) is 0.444. The summed E-state index contributed by atoms with van der Waals surface area (Å²) in [7, 11) is -2.01. The van der Waals surface area contributed by atoms with Crippen LogP contribution in [-0.4, -0.2) is 93.0 Å². The van der Waals surface area contributed by atoms with E-state index in [1.165, 1.54) is 0 Å². The van der Waals surface area contributed by atoms with E-state index in [1.807, 2.05) is 18.2 Å². The van der Waals surface area contributed by atoms with Crippen LogP contribution < -0.4 is 9.64 Å². The summed E-state index contributed by atoms with van der Waals surface area (Å²) in [6.07, 6.45) is 2.56. The number of nitrogens with zero attached hydrogens (tertiary/aromatic N) is 5. The topological polar surface area (TPSA) is 97.3 Å². The molecule has 40 heavy (non-hydrogen) atoms. The van der Waals surface area contributed by atoms with Gasteiger partial charge in [-0.3, -0.25) is 4.90 Å². The first-order valence-electron chi connectivity index (χ1n) is 14.1. The molecular weight excluding hydrogens is 530 g/mol. The second kappa shape index (κ2) is 11.2. The van der Waals surface area contributed by atoms with Gasteiger partial charge in [0, 0.05) is 57.5 Å². The Balaban J connectivity index is 1.18. The number of hydrogen-bond donors (Lipinski definition) is 0. The summed E-state index contributed by atoms with van der Waals surface area (Å²) < 4.78 is 45.3. The third-order valence-corrected chi connectivity index (χ3v) is 10.2. The van der Waals surface area contributed by atoms with Gasteiger partial charge in [-0.2, -0.15) is 4.31 Å². The average molecular weight is 568 g/mol. The largest absolute Gasteiger partial charge is 0.497 e. The lowest BCUT2D eigenvalue weighted by atomic mass is 10.0. The van der Waals surface area contributed by atoms with Crippen molar-refractivity contribution < 1.29 is 22.6 Å². The number of piperazine rings is 1. The monoisotopic (exact) mass is 567 g/mol. The van der Waals surface area contributed by atoms with Crippen LogP contribution in [0.2, 0.25) is 0 Å². The molecule has 3 aliphatic rings. The van der Waals surface area contributed by atoms with Gasteiger partial charge in [-0.1, -0.05) is 12.1 Å². The van der Waals surface area contributed by atoms with Crippen molar-refractivity contribution in [3.63, 3.8) is 0 Å². The molecule has 11 heteroatoms. The Morgan fingerprint density at radius 1 is 0.900 bits per heavy atom. The summed E-state index contributed by atoms with van der Waals surface area (Å²) in [5.41, 5.74) is 0.917. The zero-order valence-corrected chi connectivity index (χ0v) is 24.0. The van der Waals surface area contributed by atoms with E-state index < -0.39 is 15.8 Å². The molecule has 10 nitrogen and oxygen atoms in total. The van der Waals surface area contributed by atoms with Gasteiger partial charge in [-0.05, 0) is 49.7 Å². The summed E-state index contributed by atoms with van der Waals surface area (Å²) in [5.74, 6) is 1.87. The standard InChI is InChI=1S/C29H37N5O5S/c1-22(32-16-18-34(19-17-32)40(35,36)24-10-8-23(37-2)9-11-24)27-30-26-7-4-3-6-25(26)28(31-27)33-14-12-29(13-15-33)38-20-5-21-39-29/h3-4,6-11,22H,5,12-21H2,1-2H3. The molecule has 1 spiro atoms. The maximum Gasteiger partial charge on any atom is 0.243 e. The van der Waals surface area contributed by atoms with E-state index in [0.717, 1.165) is 68.1 Å². The molecule has 0 N–H and O–H groups in total. The summed E-state index contributed by atoms with van der Waals surface area (Å²) >= 11 is 0. The summed E-state index contributed by atoms with van der Waals surface area (Å²) in [4.78, 5) is 14.9. The minimum absolute atomic E-state index is 0.0599. The Morgan fingerprint density at radius 3 is 2.25 bits per heavy atom. The van der Waals surface area contributed by atoms with Crippen LogP contribution >= 0.6 is 0 Å². The maximum absolute atomic E-state index is 13.2. The van der Waals surface area contributed by atoms with E-state index in [0.29, 0.717) is 31.9 Å². The van der Waals surface area contributed by atoms with E-state index in [-0.39, 0.29) is 10.9 Å². The molecule has 3 aliphatic heterocycles. The van der Waals surface area contributed by atoms with Gasteiger partial charge >= 0.3 is 0 Å². The van der Waals surface area contributed by atoms with Gasteiger partial charge in [0.25, 0.3) is 0 Å². The van der Waals surface area contributed by atoms with Crippen molar-refractivity contribution in [3.05, 3.63) is 54.4 Å². The number of methoxy groups -OCH3 is 1. The van der Waals surface area contributed by atoms with Gasteiger partial charge < -0.3 is 19.1 Å². The Bertz CT molecular complexity index is 1430. The molecule has 0 bridgehead atoms. The summed E-state index contributed by atoms with van der Waals surface area (Å²) in [6, 6.07) is 14.6. The maximum atomic E-state index is 13.2. The van der Waals surface area contributed by atoms with E-state index in [1.54, 1.807) is 35.7 Å². The third-order valence-electron chi connectivity index (χ3n) is 8.34. The number of para-hydroxylation sites is 1. The minimum atomic E-state index is -3.57. The van der Waals surface area contributed by atoms with Gasteiger partial charge in [-0.25, -0.2) is 18.4 Å². The Kier molecular flexibility index (Phi) is 7.66. The van der Waals surface area contributed by atoms with Gasteiger partial charge in [0.2, 0.25) is 10.0 Å². The number of anilines is 1. The summed E-state index contributed by atoms with van der Waals surface area (Å²) in [5, 5.41) is 1.04. The van der Waals surface area contributed by atoms with Crippen LogP contribution in [0.4, 0.5) is 5.82 Å². The molecule has 1 atom stereocenters. The van der Waals surface area contributed by atoms with Gasteiger partial charge in [-0.15, -0.1) is 0 Å². The molecular formula is C29H37N5O5S. The van der Waals surface area contributed by atoms with Crippen LogP contribution in [0.3, 0.4) is 0 Å². The van der Waals surface area contributed by atoms with Crippen LogP contribution in [-0.2, 0) is 19.5 Å². The molecule has 1 unspecified atom stereocenters. The lowest BCUT2D eigenvalue weighted by Crippen LogP contribution is -2.50. The first-order valence-corrected chi connectivity index (χ1v) is 15.5. The van der Waals surface area contributed by atoms with Crippen LogP contribution in [0.5, 0.6) is 5.75 Å². The smallest absolute Gasteiger partial charge is 0.243 e. The second-order valence-corrected chi connectivity index (χ2v) is 12.6. The zero-order chi connectivity index (χ0) is 27.7. The van der Waals surface area contributed by atoms with Crippen molar-refractivity contribution in [2.45, 2.75) is 42.9 Å². The summed E-state index contributed by atoms with van der Waals surface area (Å²) in [6.45, 7) is 7.25. The lowest BCUT2D eigenvalue weighted by Gasteiger charge is -2.44. The molecule has 0 amide bonds. The molecule has 3 aromatic rings. The molecule has 1 aromatic heterocycles. The highest BCUT2D eigenvalue weighted by Gasteiger charge is 2.39. The Morgan fingerprint density at radius 2 is 1.57 bits per heavy atom. The number of aromatic nitrogens is 2. The fourth-order valence-electron chi connectivity index (χ4n) is 5.86. The number of benzene rings is 2. The Labute approximate surface area is 235 Å². The van der Waals surface area contributed by atoms with Crippen LogP contribution in [0.15, 0.2) is 53.4 Å². The molecule has 0 radical (unpaired) electrons. The number of fused-ring (bicyclic) bond motifs is 1.